The van der Waals surface area contributed by atoms with Crippen molar-refractivity contribution in [1.29, 1.82) is 0 Å². The first kappa shape index (κ1) is 17.9. The number of carbonyl (C=O) groups is 1. The summed E-state index contributed by atoms with van der Waals surface area (Å²) in [5.74, 6) is 0.670. The maximum Gasteiger partial charge on any atom is 0.279 e. The lowest BCUT2D eigenvalue weighted by atomic mass is 10.2. The number of thiophene rings is 1. The van der Waals surface area contributed by atoms with Gasteiger partial charge in [0.2, 0.25) is 0 Å². The first-order valence-corrected chi connectivity index (χ1v) is 9.53. The van der Waals surface area contributed by atoms with Gasteiger partial charge in [-0.15, -0.1) is 11.3 Å². The third-order valence-corrected chi connectivity index (χ3v) is 5.21. The second-order valence-electron chi connectivity index (χ2n) is 6.27. The topological polar surface area (TPSA) is 52.0 Å². The number of hydrogen-bond acceptors (Lipinski definition) is 4. The maximum atomic E-state index is 12.6. The number of nitrogens with one attached hydrogen (secondary N) is 2. The zero-order chi connectivity index (χ0) is 17.5. The van der Waals surface area contributed by atoms with E-state index in [0.29, 0.717) is 18.0 Å². The summed E-state index contributed by atoms with van der Waals surface area (Å²) in [5, 5.41) is 5.05. The van der Waals surface area contributed by atoms with Crippen LogP contribution in [0.2, 0.25) is 0 Å². The zero-order valence-corrected chi connectivity index (χ0v) is 15.3. The molecule has 1 aliphatic rings. The van der Waals surface area contributed by atoms with Crippen molar-refractivity contribution in [3.63, 3.8) is 0 Å². The van der Waals surface area contributed by atoms with E-state index in [1.165, 1.54) is 9.78 Å². The molecular weight excluding hydrogens is 336 g/mol. The highest BCUT2D eigenvalue weighted by Crippen LogP contribution is 2.22. The number of hydrogen-bond donors (Lipinski definition) is 2. The SMILES string of the molecule is COc1ccccc1NC(=O)C[NH+](Cc1cccs1)C[C@H]1CCCO1. The van der Waals surface area contributed by atoms with E-state index in [0.717, 1.165) is 32.5 Å². The normalized spacial score (nSPS) is 18.0. The number of methoxy groups -OCH3 is 1. The first-order chi connectivity index (χ1) is 12.2. The van der Waals surface area contributed by atoms with Crippen LogP contribution >= 0.6 is 11.3 Å². The number of anilines is 1. The van der Waals surface area contributed by atoms with Gasteiger partial charge in [-0.1, -0.05) is 18.2 Å². The molecule has 2 heterocycles. The second kappa shape index (κ2) is 8.99. The summed E-state index contributed by atoms with van der Waals surface area (Å²) in [6.45, 7) is 2.95. The Balaban J connectivity index is 1.62. The van der Waals surface area contributed by atoms with E-state index in [-0.39, 0.29) is 12.0 Å². The Morgan fingerprint density at radius 1 is 1.36 bits per heavy atom. The van der Waals surface area contributed by atoms with Crippen molar-refractivity contribution in [3.05, 3.63) is 46.7 Å². The number of amides is 1. The van der Waals surface area contributed by atoms with Gasteiger partial charge in [-0.2, -0.15) is 0 Å². The van der Waals surface area contributed by atoms with E-state index in [2.05, 4.69) is 22.8 Å². The van der Waals surface area contributed by atoms with Crippen LogP contribution in [-0.4, -0.2) is 38.8 Å². The number of para-hydroxylation sites is 2. The molecule has 6 heteroatoms. The minimum Gasteiger partial charge on any atom is -0.495 e. The monoisotopic (exact) mass is 361 g/mol. The number of rotatable bonds is 8. The Kier molecular flexibility index (Phi) is 6.44. The molecule has 0 spiro atoms. The zero-order valence-electron chi connectivity index (χ0n) is 14.5. The van der Waals surface area contributed by atoms with Gasteiger partial charge in [0, 0.05) is 6.61 Å². The third-order valence-electron chi connectivity index (χ3n) is 4.34. The lowest BCUT2D eigenvalue weighted by Gasteiger charge is -2.21. The van der Waals surface area contributed by atoms with Gasteiger partial charge in [-0.25, -0.2) is 0 Å². The molecule has 3 rings (SSSR count). The molecule has 1 amide bonds. The molecule has 1 aromatic carbocycles. The molecule has 2 atom stereocenters. The Bertz CT molecular complexity index is 669. The van der Waals surface area contributed by atoms with E-state index in [1.54, 1.807) is 18.4 Å². The summed E-state index contributed by atoms with van der Waals surface area (Å²) in [6, 6.07) is 11.7. The predicted octanol–water partition coefficient (Wildman–Crippen LogP) is 1.96. The average molecular weight is 361 g/mol. The predicted molar refractivity (Wildman–Crippen MR) is 99.3 cm³/mol. The molecule has 134 valence electrons. The van der Waals surface area contributed by atoms with E-state index < -0.39 is 0 Å². The molecule has 25 heavy (non-hydrogen) atoms. The van der Waals surface area contributed by atoms with Crippen LogP contribution in [-0.2, 0) is 16.1 Å². The van der Waals surface area contributed by atoms with Crippen molar-refractivity contribution >= 4 is 22.9 Å². The number of quaternary nitrogens is 1. The second-order valence-corrected chi connectivity index (χ2v) is 7.30. The number of carbonyl (C=O) groups excluding carboxylic acids is 1. The molecule has 2 aromatic rings. The summed E-state index contributed by atoms with van der Waals surface area (Å²) in [5.41, 5.74) is 0.711. The minimum atomic E-state index is -0.00551. The first-order valence-electron chi connectivity index (χ1n) is 8.65. The van der Waals surface area contributed by atoms with E-state index in [1.807, 2.05) is 24.3 Å². The highest BCUT2D eigenvalue weighted by atomic mass is 32.1. The van der Waals surface area contributed by atoms with Gasteiger partial charge in [0.05, 0.1) is 17.7 Å². The largest absolute Gasteiger partial charge is 0.495 e. The highest BCUT2D eigenvalue weighted by Gasteiger charge is 2.24. The van der Waals surface area contributed by atoms with Crippen LogP contribution < -0.4 is 15.0 Å². The van der Waals surface area contributed by atoms with Crippen LogP contribution in [0, 0.1) is 0 Å². The summed E-state index contributed by atoms with van der Waals surface area (Å²) in [7, 11) is 1.61. The van der Waals surface area contributed by atoms with Gasteiger partial charge in [0.25, 0.3) is 5.91 Å². The molecule has 1 saturated heterocycles. The maximum absolute atomic E-state index is 12.6. The van der Waals surface area contributed by atoms with Crippen LogP contribution in [0.15, 0.2) is 41.8 Å². The van der Waals surface area contributed by atoms with Gasteiger partial charge in [-0.3, -0.25) is 4.79 Å². The third kappa shape index (κ3) is 5.29. The van der Waals surface area contributed by atoms with Crippen molar-refractivity contribution < 1.29 is 19.2 Å². The lowest BCUT2D eigenvalue weighted by molar-refractivity contribution is -0.908. The van der Waals surface area contributed by atoms with Crippen molar-refractivity contribution in [3.8, 4) is 5.75 Å². The fourth-order valence-electron chi connectivity index (χ4n) is 3.16. The van der Waals surface area contributed by atoms with Crippen LogP contribution in [0.4, 0.5) is 5.69 Å². The molecule has 0 radical (unpaired) electrons. The Hall–Kier alpha value is -1.89. The molecule has 0 aliphatic carbocycles. The van der Waals surface area contributed by atoms with Gasteiger partial charge in [0.15, 0.2) is 6.54 Å². The van der Waals surface area contributed by atoms with Crippen molar-refractivity contribution in [2.24, 2.45) is 0 Å². The summed E-state index contributed by atoms with van der Waals surface area (Å²) in [6.07, 6.45) is 2.46. The fourth-order valence-corrected chi connectivity index (χ4v) is 3.94. The van der Waals surface area contributed by atoms with E-state index in [9.17, 15) is 4.79 Å². The van der Waals surface area contributed by atoms with Crippen molar-refractivity contribution in [1.82, 2.24) is 0 Å². The van der Waals surface area contributed by atoms with Gasteiger partial charge < -0.3 is 19.7 Å². The molecule has 2 N–H and O–H groups in total. The van der Waals surface area contributed by atoms with Gasteiger partial charge >= 0.3 is 0 Å². The standard InChI is InChI=1S/C19H24N2O3S/c1-23-18-9-3-2-8-17(18)20-19(22)14-21(12-15-6-4-10-24-15)13-16-7-5-11-25-16/h2-3,5,7-9,11,15H,4,6,10,12-14H2,1H3,(H,20,22)/p+1/t15-/m1/s1. The van der Waals surface area contributed by atoms with Crippen molar-refractivity contribution in [2.75, 3.05) is 32.1 Å². The summed E-state index contributed by atoms with van der Waals surface area (Å²) < 4.78 is 11.1. The van der Waals surface area contributed by atoms with Crippen LogP contribution in [0.1, 0.15) is 17.7 Å². The van der Waals surface area contributed by atoms with Crippen molar-refractivity contribution in [2.45, 2.75) is 25.5 Å². The number of ether oxygens (including phenoxy) is 2. The Morgan fingerprint density at radius 3 is 2.96 bits per heavy atom. The molecule has 1 unspecified atom stereocenters. The minimum absolute atomic E-state index is 0.00551. The molecular formula is C19H25N2O3S+. The smallest absolute Gasteiger partial charge is 0.279 e. The van der Waals surface area contributed by atoms with Gasteiger partial charge in [-0.05, 0) is 36.4 Å². The van der Waals surface area contributed by atoms with E-state index >= 15 is 0 Å². The molecule has 1 aromatic heterocycles. The lowest BCUT2D eigenvalue weighted by Crippen LogP contribution is -3.12. The Morgan fingerprint density at radius 2 is 2.24 bits per heavy atom. The summed E-state index contributed by atoms with van der Waals surface area (Å²) in [4.78, 5) is 15.1. The molecule has 5 nitrogen and oxygen atoms in total. The summed E-state index contributed by atoms with van der Waals surface area (Å²) >= 11 is 1.73. The number of benzene rings is 1. The van der Waals surface area contributed by atoms with E-state index in [4.69, 9.17) is 9.47 Å². The van der Waals surface area contributed by atoms with Crippen LogP contribution in [0.25, 0.3) is 0 Å². The average Bonchev–Trinajstić information content (AvgIpc) is 3.29. The van der Waals surface area contributed by atoms with Crippen LogP contribution in [0.3, 0.4) is 0 Å². The van der Waals surface area contributed by atoms with Gasteiger partial charge in [0.1, 0.15) is 24.9 Å². The molecule has 0 saturated carbocycles. The Labute approximate surface area is 152 Å². The van der Waals surface area contributed by atoms with Crippen LogP contribution in [0.5, 0.6) is 5.75 Å². The quantitative estimate of drug-likeness (QED) is 0.756. The fraction of sp³-hybridized carbons (Fsp3) is 0.421. The molecule has 1 aliphatic heterocycles. The molecule has 0 bridgehead atoms. The highest BCUT2D eigenvalue weighted by molar-refractivity contribution is 7.09. The molecule has 1 fully saturated rings.